The van der Waals surface area contributed by atoms with E-state index in [4.69, 9.17) is 16.3 Å². The van der Waals surface area contributed by atoms with Crippen LogP contribution in [0.3, 0.4) is 0 Å². The molecule has 2 nitrogen and oxygen atoms in total. The van der Waals surface area contributed by atoms with Gasteiger partial charge in [-0.05, 0) is 40.5 Å². The van der Waals surface area contributed by atoms with E-state index in [9.17, 15) is 0 Å². The van der Waals surface area contributed by atoms with Crippen LogP contribution in [-0.2, 0) is 4.74 Å². The zero-order valence-electron chi connectivity index (χ0n) is 8.23. The fraction of sp³-hybridized carbons (Fsp3) is 0.400. The van der Waals surface area contributed by atoms with Crippen molar-refractivity contribution in [2.75, 3.05) is 25.6 Å². The van der Waals surface area contributed by atoms with E-state index in [0.29, 0.717) is 6.61 Å². The van der Waals surface area contributed by atoms with Gasteiger partial charge in [0.1, 0.15) is 0 Å². The lowest BCUT2D eigenvalue weighted by Gasteiger charge is -2.09. The smallest absolute Gasteiger partial charge is 0.0635 e. The Balaban J connectivity index is 2.72. The van der Waals surface area contributed by atoms with Gasteiger partial charge in [0.05, 0.1) is 12.3 Å². The van der Waals surface area contributed by atoms with Gasteiger partial charge < -0.3 is 10.1 Å². The molecule has 14 heavy (non-hydrogen) atoms. The predicted octanol–water partition coefficient (Wildman–Crippen LogP) is 3.47. The van der Waals surface area contributed by atoms with E-state index in [1.165, 1.54) is 0 Å². The first kappa shape index (κ1) is 11.8. The summed E-state index contributed by atoms with van der Waals surface area (Å²) in [5.74, 6) is 0. The molecule has 0 aliphatic heterocycles. The molecule has 1 rings (SSSR count). The van der Waals surface area contributed by atoms with Crippen LogP contribution < -0.4 is 5.32 Å². The Morgan fingerprint density at radius 2 is 2.21 bits per heavy atom. The summed E-state index contributed by atoms with van der Waals surface area (Å²) in [4.78, 5) is 0. The van der Waals surface area contributed by atoms with Crippen molar-refractivity contribution in [3.63, 3.8) is 0 Å². The molecule has 0 atom stereocenters. The van der Waals surface area contributed by atoms with Gasteiger partial charge in [-0.25, -0.2) is 0 Å². The highest BCUT2D eigenvalue weighted by atomic mass is 79.9. The van der Waals surface area contributed by atoms with Crippen LogP contribution >= 0.6 is 27.5 Å². The second kappa shape index (κ2) is 5.59. The number of methoxy groups -OCH3 is 1. The van der Waals surface area contributed by atoms with Gasteiger partial charge in [-0.15, -0.1) is 0 Å². The molecule has 0 saturated heterocycles. The van der Waals surface area contributed by atoms with Crippen molar-refractivity contribution in [2.45, 2.75) is 6.92 Å². The molecule has 4 heteroatoms. The van der Waals surface area contributed by atoms with E-state index in [1.807, 2.05) is 19.1 Å². The summed E-state index contributed by atoms with van der Waals surface area (Å²) in [6.45, 7) is 3.43. The molecule has 0 aliphatic rings. The maximum absolute atomic E-state index is 6.01. The summed E-state index contributed by atoms with van der Waals surface area (Å²) >= 11 is 9.48. The average Bonchev–Trinajstić information content (AvgIpc) is 2.14. The molecule has 78 valence electrons. The molecule has 0 heterocycles. The van der Waals surface area contributed by atoms with E-state index in [1.54, 1.807) is 7.11 Å². The van der Waals surface area contributed by atoms with Crippen molar-refractivity contribution in [2.24, 2.45) is 0 Å². The largest absolute Gasteiger partial charge is 0.383 e. The minimum Gasteiger partial charge on any atom is -0.383 e. The summed E-state index contributed by atoms with van der Waals surface area (Å²) in [5, 5.41) is 4.00. The van der Waals surface area contributed by atoms with Crippen molar-refractivity contribution in [3.8, 4) is 0 Å². The van der Waals surface area contributed by atoms with E-state index in [-0.39, 0.29) is 0 Å². The number of hydrogen-bond acceptors (Lipinski definition) is 2. The van der Waals surface area contributed by atoms with E-state index < -0.39 is 0 Å². The van der Waals surface area contributed by atoms with Gasteiger partial charge in [-0.3, -0.25) is 0 Å². The lowest BCUT2D eigenvalue weighted by Crippen LogP contribution is -2.08. The van der Waals surface area contributed by atoms with Crippen LogP contribution in [0.1, 0.15) is 5.56 Å². The van der Waals surface area contributed by atoms with Gasteiger partial charge in [0, 0.05) is 23.1 Å². The fourth-order valence-electron chi connectivity index (χ4n) is 1.07. The molecule has 0 spiro atoms. The molecule has 1 aromatic rings. The fourth-order valence-corrected chi connectivity index (χ4v) is 1.83. The average molecular weight is 279 g/mol. The Labute approximate surface area is 97.7 Å². The van der Waals surface area contributed by atoms with E-state index in [0.717, 1.165) is 27.3 Å². The number of rotatable bonds is 4. The number of ether oxygens (including phenoxy) is 1. The third-order valence-electron chi connectivity index (χ3n) is 1.87. The van der Waals surface area contributed by atoms with Crippen molar-refractivity contribution in [1.82, 2.24) is 0 Å². The standard InChI is InChI=1S/C10H13BrClNO/c1-7-5-8(11)10(6-9(7)12)13-3-4-14-2/h5-6,13H,3-4H2,1-2H3. The highest BCUT2D eigenvalue weighted by Gasteiger charge is 2.03. The highest BCUT2D eigenvalue weighted by Crippen LogP contribution is 2.28. The monoisotopic (exact) mass is 277 g/mol. The quantitative estimate of drug-likeness (QED) is 0.852. The van der Waals surface area contributed by atoms with Gasteiger partial charge >= 0.3 is 0 Å². The minimum atomic E-state index is 0.679. The molecular weight excluding hydrogens is 265 g/mol. The minimum absolute atomic E-state index is 0.679. The van der Waals surface area contributed by atoms with Crippen molar-refractivity contribution in [1.29, 1.82) is 0 Å². The summed E-state index contributed by atoms with van der Waals surface area (Å²) in [7, 11) is 1.68. The SMILES string of the molecule is COCCNc1cc(Cl)c(C)cc1Br. The second-order valence-electron chi connectivity index (χ2n) is 3.00. The molecule has 0 bridgehead atoms. The van der Waals surface area contributed by atoms with Crippen molar-refractivity contribution in [3.05, 3.63) is 27.2 Å². The number of anilines is 1. The number of benzene rings is 1. The molecule has 1 aromatic carbocycles. The molecule has 1 N–H and O–H groups in total. The van der Waals surface area contributed by atoms with Gasteiger partial charge in [-0.1, -0.05) is 11.6 Å². The number of hydrogen-bond donors (Lipinski definition) is 1. The lowest BCUT2D eigenvalue weighted by molar-refractivity contribution is 0.211. The third kappa shape index (κ3) is 3.15. The molecule has 0 aromatic heterocycles. The first-order valence-electron chi connectivity index (χ1n) is 4.33. The van der Waals surface area contributed by atoms with Crippen LogP contribution in [0.4, 0.5) is 5.69 Å². The second-order valence-corrected chi connectivity index (χ2v) is 4.26. The summed E-state index contributed by atoms with van der Waals surface area (Å²) in [6.07, 6.45) is 0. The first-order valence-corrected chi connectivity index (χ1v) is 5.50. The number of nitrogens with one attached hydrogen (secondary N) is 1. The maximum Gasteiger partial charge on any atom is 0.0635 e. The van der Waals surface area contributed by atoms with Crippen LogP contribution in [0.5, 0.6) is 0 Å². The lowest BCUT2D eigenvalue weighted by atomic mass is 10.2. The summed E-state index contributed by atoms with van der Waals surface area (Å²) in [6, 6.07) is 3.91. The van der Waals surface area contributed by atoms with E-state index in [2.05, 4.69) is 21.2 Å². The van der Waals surface area contributed by atoms with Gasteiger partial charge in [-0.2, -0.15) is 0 Å². The maximum atomic E-state index is 6.01. The molecule has 0 aliphatic carbocycles. The molecular formula is C10H13BrClNO. The van der Waals surface area contributed by atoms with Gasteiger partial charge in [0.2, 0.25) is 0 Å². The molecule has 0 saturated carbocycles. The number of halogens is 2. The first-order chi connectivity index (χ1) is 6.65. The molecule has 0 fully saturated rings. The van der Waals surface area contributed by atoms with Crippen LogP contribution in [0.25, 0.3) is 0 Å². The molecule has 0 unspecified atom stereocenters. The normalized spacial score (nSPS) is 10.3. The topological polar surface area (TPSA) is 21.3 Å². The van der Waals surface area contributed by atoms with Crippen LogP contribution in [0, 0.1) is 6.92 Å². The number of aryl methyl sites for hydroxylation is 1. The van der Waals surface area contributed by atoms with Gasteiger partial charge in [0.25, 0.3) is 0 Å². The third-order valence-corrected chi connectivity index (χ3v) is 2.93. The Morgan fingerprint density at radius 3 is 2.86 bits per heavy atom. The molecule has 0 amide bonds. The van der Waals surface area contributed by atoms with Gasteiger partial charge in [0.15, 0.2) is 0 Å². The molecule has 0 radical (unpaired) electrons. The van der Waals surface area contributed by atoms with Crippen LogP contribution in [0.15, 0.2) is 16.6 Å². The van der Waals surface area contributed by atoms with Crippen molar-refractivity contribution < 1.29 is 4.74 Å². The highest BCUT2D eigenvalue weighted by molar-refractivity contribution is 9.10. The zero-order valence-corrected chi connectivity index (χ0v) is 10.6. The Bertz CT molecular complexity index is 317. The zero-order chi connectivity index (χ0) is 10.6. The summed E-state index contributed by atoms with van der Waals surface area (Å²) in [5.41, 5.74) is 2.06. The van der Waals surface area contributed by atoms with Crippen LogP contribution in [0.2, 0.25) is 5.02 Å². The Morgan fingerprint density at radius 1 is 1.50 bits per heavy atom. The van der Waals surface area contributed by atoms with E-state index >= 15 is 0 Å². The summed E-state index contributed by atoms with van der Waals surface area (Å²) < 4.78 is 5.97. The van der Waals surface area contributed by atoms with Crippen LogP contribution in [-0.4, -0.2) is 20.3 Å². The van der Waals surface area contributed by atoms with Crippen molar-refractivity contribution >= 4 is 33.2 Å². The predicted molar refractivity (Wildman–Crippen MR) is 64.3 cm³/mol. The Hall–Kier alpha value is -0.250. The Kier molecular flexibility index (Phi) is 4.72.